The van der Waals surface area contributed by atoms with Gasteiger partial charge in [-0.05, 0) is 38.3 Å². The van der Waals surface area contributed by atoms with Crippen molar-refractivity contribution in [1.82, 2.24) is 0 Å². The fraction of sp³-hybridized carbons (Fsp3) is 0.538. The van der Waals surface area contributed by atoms with Crippen LogP contribution in [0.25, 0.3) is 0 Å². The molecule has 1 aromatic carbocycles. The van der Waals surface area contributed by atoms with Crippen molar-refractivity contribution < 1.29 is 14.4 Å². The molecule has 106 valence electrons. The second-order valence-corrected chi connectivity index (χ2v) is 4.35. The first-order chi connectivity index (χ1) is 8.99. The zero-order valence-electron chi connectivity index (χ0n) is 11.5. The molecule has 1 rings (SSSR count). The van der Waals surface area contributed by atoms with Gasteiger partial charge < -0.3 is 15.2 Å². The van der Waals surface area contributed by atoms with Gasteiger partial charge in [0.15, 0.2) is 5.75 Å². The van der Waals surface area contributed by atoms with E-state index in [9.17, 15) is 10.1 Å². The van der Waals surface area contributed by atoms with Gasteiger partial charge in [-0.25, -0.2) is 0 Å². The highest BCUT2D eigenvalue weighted by Crippen LogP contribution is 2.38. The molecule has 0 spiro atoms. The van der Waals surface area contributed by atoms with Crippen molar-refractivity contribution in [2.75, 3.05) is 13.7 Å². The van der Waals surface area contributed by atoms with Crippen LogP contribution >= 0.6 is 0 Å². The lowest BCUT2D eigenvalue weighted by molar-refractivity contribution is -0.386. The quantitative estimate of drug-likeness (QED) is 0.605. The molecule has 0 aliphatic rings. The summed E-state index contributed by atoms with van der Waals surface area (Å²) in [7, 11) is 1.47. The van der Waals surface area contributed by atoms with E-state index in [4.69, 9.17) is 15.2 Å². The van der Waals surface area contributed by atoms with Gasteiger partial charge in [-0.3, -0.25) is 10.1 Å². The van der Waals surface area contributed by atoms with Gasteiger partial charge >= 0.3 is 5.69 Å². The van der Waals surface area contributed by atoms with Crippen molar-refractivity contribution in [2.24, 2.45) is 5.73 Å². The number of benzene rings is 1. The molecule has 0 amide bonds. The Morgan fingerprint density at radius 3 is 2.63 bits per heavy atom. The summed E-state index contributed by atoms with van der Waals surface area (Å²) in [6, 6.07) is 3.34. The van der Waals surface area contributed by atoms with Crippen LogP contribution < -0.4 is 15.2 Å². The summed E-state index contributed by atoms with van der Waals surface area (Å²) >= 11 is 0. The fourth-order valence-corrected chi connectivity index (χ4v) is 1.76. The standard InChI is InChI=1S/C13H20N2O4/c1-4-19-13-11(15(16)17)7-10(6-5-9(2)14)8-12(13)18-3/h7-9H,4-6,14H2,1-3H3. The zero-order chi connectivity index (χ0) is 14.4. The summed E-state index contributed by atoms with van der Waals surface area (Å²) in [6.45, 7) is 4.02. The molecule has 0 bridgehead atoms. The lowest BCUT2D eigenvalue weighted by Crippen LogP contribution is -2.15. The zero-order valence-corrected chi connectivity index (χ0v) is 11.5. The number of hydrogen-bond acceptors (Lipinski definition) is 5. The van der Waals surface area contributed by atoms with Crippen molar-refractivity contribution in [1.29, 1.82) is 0 Å². The van der Waals surface area contributed by atoms with Crippen LogP contribution in [0.15, 0.2) is 12.1 Å². The summed E-state index contributed by atoms with van der Waals surface area (Å²) < 4.78 is 10.5. The molecule has 1 unspecified atom stereocenters. The maximum atomic E-state index is 11.1. The van der Waals surface area contributed by atoms with Crippen LogP contribution in [-0.4, -0.2) is 24.7 Å². The number of nitrogens with zero attached hydrogens (tertiary/aromatic N) is 1. The average molecular weight is 268 g/mol. The largest absolute Gasteiger partial charge is 0.493 e. The van der Waals surface area contributed by atoms with Crippen molar-refractivity contribution in [3.8, 4) is 11.5 Å². The minimum atomic E-state index is -0.455. The summed E-state index contributed by atoms with van der Waals surface area (Å²) in [4.78, 5) is 10.6. The number of aryl methyl sites for hydroxylation is 1. The SMILES string of the molecule is CCOc1c(OC)cc(CCC(C)N)cc1[N+](=O)[O-]. The highest BCUT2D eigenvalue weighted by molar-refractivity contribution is 5.58. The number of nitrogens with two attached hydrogens (primary N) is 1. The minimum Gasteiger partial charge on any atom is -0.493 e. The first kappa shape index (κ1) is 15.2. The van der Waals surface area contributed by atoms with E-state index in [1.165, 1.54) is 13.2 Å². The maximum Gasteiger partial charge on any atom is 0.315 e. The number of hydrogen-bond donors (Lipinski definition) is 1. The van der Waals surface area contributed by atoms with Gasteiger partial charge in [0.1, 0.15) is 0 Å². The maximum absolute atomic E-state index is 11.1. The van der Waals surface area contributed by atoms with Crippen molar-refractivity contribution >= 4 is 5.69 Å². The normalized spacial score (nSPS) is 12.0. The molecular weight excluding hydrogens is 248 g/mol. The molecule has 0 aromatic heterocycles. The molecule has 0 saturated carbocycles. The molecule has 0 radical (unpaired) electrons. The van der Waals surface area contributed by atoms with Gasteiger partial charge in [0.05, 0.1) is 18.6 Å². The van der Waals surface area contributed by atoms with E-state index >= 15 is 0 Å². The fourth-order valence-electron chi connectivity index (χ4n) is 1.76. The third-order valence-electron chi connectivity index (χ3n) is 2.69. The topological polar surface area (TPSA) is 87.6 Å². The number of methoxy groups -OCH3 is 1. The molecule has 0 aliphatic carbocycles. The molecule has 0 aliphatic heterocycles. The van der Waals surface area contributed by atoms with Crippen LogP contribution in [0.4, 0.5) is 5.69 Å². The van der Waals surface area contributed by atoms with Crippen LogP contribution in [0.1, 0.15) is 25.8 Å². The number of rotatable bonds is 7. The van der Waals surface area contributed by atoms with Crippen LogP contribution in [0.2, 0.25) is 0 Å². The Kier molecular flexibility index (Phi) is 5.57. The Morgan fingerprint density at radius 1 is 1.47 bits per heavy atom. The van der Waals surface area contributed by atoms with Gasteiger partial charge in [0.2, 0.25) is 5.75 Å². The van der Waals surface area contributed by atoms with Gasteiger partial charge in [-0.1, -0.05) is 0 Å². The van der Waals surface area contributed by atoms with Gasteiger partial charge in [-0.15, -0.1) is 0 Å². The smallest absolute Gasteiger partial charge is 0.315 e. The second kappa shape index (κ2) is 6.94. The Bertz CT molecular complexity index is 447. The molecule has 6 nitrogen and oxygen atoms in total. The monoisotopic (exact) mass is 268 g/mol. The highest BCUT2D eigenvalue weighted by atomic mass is 16.6. The lowest BCUT2D eigenvalue weighted by Gasteiger charge is -2.12. The van der Waals surface area contributed by atoms with E-state index in [2.05, 4.69) is 0 Å². The first-order valence-electron chi connectivity index (χ1n) is 6.23. The Labute approximate surface area is 112 Å². The summed E-state index contributed by atoms with van der Waals surface area (Å²) in [5.41, 5.74) is 6.45. The van der Waals surface area contributed by atoms with Crippen molar-refractivity contribution in [2.45, 2.75) is 32.7 Å². The average Bonchev–Trinajstić information content (AvgIpc) is 2.36. The molecule has 1 atom stereocenters. The van der Waals surface area contributed by atoms with Gasteiger partial charge in [-0.2, -0.15) is 0 Å². The molecular formula is C13H20N2O4. The number of nitro benzene ring substituents is 1. The number of nitro groups is 1. The van der Waals surface area contributed by atoms with E-state index in [0.29, 0.717) is 18.8 Å². The Morgan fingerprint density at radius 2 is 2.16 bits per heavy atom. The van der Waals surface area contributed by atoms with Crippen molar-refractivity contribution in [3.05, 3.63) is 27.8 Å². The van der Waals surface area contributed by atoms with E-state index in [0.717, 1.165) is 12.0 Å². The predicted molar refractivity (Wildman–Crippen MR) is 72.8 cm³/mol. The summed E-state index contributed by atoms with van der Waals surface area (Å²) in [5.74, 6) is 0.565. The Hall–Kier alpha value is -1.82. The third-order valence-corrected chi connectivity index (χ3v) is 2.69. The molecule has 0 saturated heterocycles. The molecule has 1 aromatic rings. The molecule has 6 heteroatoms. The van der Waals surface area contributed by atoms with Gasteiger partial charge in [0, 0.05) is 12.1 Å². The summed E-state index contributed by atoms with van der Waals surface area (Å²) in [5, 5.41) is 11.1. The van der Waals surface area contributed by atoms with Crippen LogP contribution in [0, 0.1) is 10.1 Å². The molecule has 0 heterocycles. The van der Waals surface area contributed by atoms with Crippen LogP contribution in [0.3, 0.4) is 0 Å². The molecule has 0 fully saturated rings. The van der Waals surface area contributed by atoms with E-state index in [-0.39, 0.29) is 17.5 Å². The van der Waals surface area contributed by atoms with E-state index in [1.54, 1.807) is 13.0 Å². The second-order valence-electron chi connectivity index (χ2n) is 4.35. The van der Waals surface area contributed by atoms with Crippen LogP contribution in [-0.2, 0) is 6.42 Å². The minimum absolute atomic E-state index is 0.0524. The number of ether oxygens (including phenoxy) is 2. The third kappa shape index (κ3) is 4.10. The first-order valence-corrected chi connectivity index (χ1v) is 6.23. The van der Waals surface area contributed by atoms with E-state index in [1.807, 2.05) is 6.92 Å². The predicted octanol–water partition coefficient (Wildman–Crippen LogP) is 2.28. The molecule has 19 heavy (non-hydrogen) atoms. The van der Waals surface area contributed by atoms with Gasteiger partial charge in [0.25, 0.3) is 0 Å². The lowest BCUT2D eigenvalue weighted by atomic mass is 10.0. The highest BCUT2D eigenvalue weighted by Gasteiger charge is 2.21. The summed E-state index contributed by atoms with van der Waals surface area (Å²) in [6.07, 6.45) is 1.43. The molecule has 2 N–H and O–H groups in total. The van der Waals surface area contributed by atoms with Crippen LogP contribution in [0.5, 0.6) is 11.5 Å². The Balaban J connectivity index is 3.16. The van der Waals surface area contributed by atoms with E-state index < -0.39 is 4.92 Å². The van der Waals surface area contributed by atoms with Crippen molar-refractivity contribution in [3.63, 3.8) is 0 Å².